The molecule has 0 aliphatic carbocycles. The molecule has 2 amide bonds. The molecule has 1 aromatic carbocycles. The molecule has 1 aromatic heterocycles. The summed E-state index contributed by atoms with van der Waals surface area (Å²) in [6, 6.07) is 10.7. The van der Waals surface area contributed by atoms with Crippen molar-refractivity contribution in [2.75, 3.05) is 33.2 Å². The molecule has 1 saturated heterocycles. The summed E-state index contributed by atoms with van der Waals surface area (Å²) < 4.78 is 0. The highest BCUT2D eigenvalue weighted by Gasteiger charge is 2.21. The van der Waals surface area contributed by atoms with Crippen molar-refractivity contribution in [1.29, 1.82) is 0 Å². The van der Waals surface area contributed by atoms with Crippen LogP contribution in [0.4, 0.5) is 4.79 Å². The van der Waals surface area contributed by atoms with Crippen molar-refractivity contribution in [1.82, 2.24) is 25.3 Å². The first-order chi connectivity index (χ1) is 12.6. The molecule has 1 atom stereocenters. The van der Waals surface area contributed by atoms with Gasteiger partial charge in [-0.2, -0.15) is 5.10 Å². The lowest BCUT2D eigenvalue weighted by atomic mass is 9.91. The third-order valence-corrected chi connectivity index (χ3v) is 5.17. The van der Waals surface area contributed by atoms with Gasteiger partial charge in [-0.05, 0) is 37.8 Å². The van der Waals surface area contributed by atoms with E-state index in [1.165, 1.54) is 18.4 Å². The lowest BCUT2D eigenvalue weighted by Gasteiger charge is -2.33. The molecule has 2 aromatic rings. The van der Waals surface area contributed by atoms with Gasteiger partial charge in [-0.25, -0.2) is 4.79 Å². The topological polar surface area (TPSA) is 64.3 Å². The number of hydrogen-bond acceptors (Lipinski definition) is 3. The van der Waals surface area contributed by atoms with Crippen molar-refractivity contribution < 1.29 is 4.79 Å². The van der Waals surface area contributed by atoms with Crippen LogP contribution in [-0.4, -0.2) is 59.3 Å². The SMILES string of the molecule is Cc1[nH]ncc1CN(C)C(=O)NCCN1CCC[C@H](c2ccccc2)C1. The highest BCUT2D eigenvalue weighted by atomic mass is 16.2. The molecule has 0 saturated carbocycles. The summed E-state index contributed by atoms with van der Waals surface area (Å²) in [6.45, 7) is 6.29. The van der Waals surface area contributed by atoms with Gasteiger partial charge in [0.05, 0.1) is 12.7 Å². The number of amides is 2. The molecule has 1 fully saturated rings. The quantitative estimate of drug-likeness (QED) is 0.837. The summed E-state index contributed by atoms with van der Waals surface area (Å²) in [5.74, 6) is 0.604. The van der Waals surface area contributed by atoms with Crippen LogP contribution < -0.4 is 5.32 Å². The van der Waals surface area contributed by atoms with E-state index < -0.39 is 0 Å². The third-order valence-electron chi connectivity index (χ3n) is 5.17. The highest BCUT2D eigenvalue weighted by Crippen LogP contribution is 2.26. The van der Waals surface area contributed by atoms with Crippen LogP contribution in [0.25, 0.3) is 0 Å². The maximum Gasteiger partial charge on any atom is 0.317 e. The van der Waals surface area contributed by atoms with Crippen molar-refractivity contribution in [2.45, 2.75) is 32.2 Å². The van der Waals surface area contributed by atoms with E-state index in [0.29, 0.717) is 19.0 Å². The zero-order chi connectivity index (χ0) is 18.4. The molecule has 6 nitrogen and oxygen atoms in total. The zero-order valence-corrected chi connectivity index (χ0v) is 15.7. The predicted octanol–water partition coefficient (Wildman–Crippen LogP) is 2.74. The van der Waals surface area contributed by atoms with E-state index in [0.717, 1.165) is 30.9 Å². The van der Waals surface area contributed by atoms with Gasteiger partial charge in [-0.3, -0.25) is 5.10 Å². The fourth-order valence-corrected chi connectivity index (χ4v) is 3.57. The Morgan fingerprint density at radius 2 is 2.19 bits per heavy atom. The Hall–Kier alpha value is -2.34. The van der Waals surface area contributed by atoms with Crippen LogP contribution in [-0.2, 0) is 6.54 Å². The molecule has 0 bridgehead atoms. The van der Waals surface area contributed by atoms with Crippen LogP contribution in [0.2, 0.25) is 0 Å². The van der Waals surface area contributed by atoms with Gasteiger partial charge in [0, 0.05) is 37.9 Å². The summed E-state index contributed by atoms with van der Waals surface area (Å²) >= 11 is 0. The normalized spacial score (nSPS) is 17.8. The van der Waals surface area contributed by atoms with Gasteiger partial charge in [0.2, 0.25) is 0 Å². The largest absolute Gasteiger partial charge is 0.337 e. The maximum atomic E-state index is 12.3. The minimum atomic E-state index is -0.0396. The molecular formula is C20H29N5O. The first-order valence-electron chi connectivity index (χ1n) is 9.38. The van der Waals surface area contributed by atoms with E-state index in [-0.39, 0.29) is 6.03 Å². The number of rotatable bonds is 6. The summed E-state index contributed by atoms with van der Waals surface area (Å²) in [6.07, 6.45) is 4.24. The molecule has 1 aliphatic heterocycles. The number of benzene rings is 1. The Kier molecular flexibility index (Phi) is 6.28. The van der Waals surface area contributed by atoms with Crippen LogP contribution in [0.15, 0.2) is 36.5 Å². The second-order valence-electron chi connectivity index (χ2n) is 7.16. The Labute approximate surface area is 155 Å². The number of carbonyl (C=O) groups excluding carboxylic acids is 1. The molecular weight excluding hydrogens is 326 g/mol. The minimum Gasteiger partial charge on any atom is -0.337 e. The Morgan fingerprint density at radius 1 is 1.38 bits per heavy atom. The number of aromatic amines is 1. The van der Waals surface area contributed by atoms with Crippen LogP contribution in [0.5, 0.6) is 0 Å². The minimum absolute atomic E-state index is 0.0396. The molecule has 0 spiro atoms. The summed E-state index contributed by atoms with van der Waals surface area (Å²) in [4.78, 5) is 16.4. The molecule has 2 N–H and O–H groups in total. The number of H-pyrrole nitrogens is 1. The first kappa shape index (κ1) is 18.5. The molecule has 6 heteroatoms. The smallest absolute Gasteiger partial charge is 0.317 e. The van der Waals surface area contributed by atoms with Crippen molar-refractivity contribution >= 4 is 6.03 Å². The van der Waals surface area contributed by atoms with Gasteiger partial charge in [0.15, 0.2) is 0 Å². The van der Waals surface area contributed by atoms with Crippen molar-refractivity contribution in [3.8, 4) is 0 Å². The Bertz CT molecular complexity index is 699. The first-order valence-corrected chi connectivity index (χ1v) is 9.38. The monoisotopic (exact) mass is 355 g/mol. The van der Waals surface area contributed by atoms with Crippen LogP contribution in [0, 0.1) is 6.92 Å². The van der Waals surface area contributed by atoms with E-state index in [2.05, 4.69) is 50.7 Å². The number of aromatic nitrogens is 2. The van der Waals surface area contributed by atoms with Gasteiger partial charge >= 0.3 is 6.03 Å². The maximum absolute atomic E-state index is 12.3. The number of nitrogens with zero attached hydrogens (tertiary/aromatic N) is 3. The van der Waals surface area contributed by atoms with Crippen LogP contribution >= 0.6 is 0 Å². The van der Waals surface area contributed by atoms with Gasteiger partial charge in [-0.1, -0.05) is 30.3 Å². The second-order valence-corrected chi connectivity index (χ2v) is 7.16. The second kappa shape index (κ2) is 8.85. The average Bonchev–Trinajstić information content (AvgIpc) is 3.07. The number of carbonyl (C=O) groups is 1. The number of hydrogen-bond donors (Lipinski definition) is 2. The fourth-order valence-electron chi connectivity index (χ4n) is 3.57. The van der Waals surface area contributed by atoms with Gasteiger partial charge in [-0.15, -0.1) is 0 Å². The fraction of sp³-hybridized carbons (Fsp3) is 0.500. The van der Waals surface area contributed by atoms with E-state index in [1.54, 1.807) is 11.1 Å². The lowest BCUT2D eigenvalue weighted by molar-refractivity contribution is 0.192. The van der Waals surface area contributed by atoms with Crippen LogP contribution in [0.3, 0.4) is 0 Å². The molecule has 3 rings (SSSR count). The molecule has 0 unspecified atom stereocenters. The number of likely N-dealkylation sites (tertiary alicyclic amines) is 1. The molecule has 2 heterocycles. The van der Waals surface area contributed by atoms with E-state index in [1.807, 2.05) is 14.0 Å². The lowest BCUT2D eigenvalue weighted by Crippen LogP contribution is -2.43. The number of nitrogens with one attached hydrogen (secondary N) is 2. The highest BCUT2D eigenvalue weighted by molar-refractivity contribution is 5.73. The molecule has 0 radical (unpaired) electrons. The van der Waals surface area contributed by atoms with E-state index >= 15 is 0 Å². The van der Waals surface area contributed by atoms with Gasteiger partial charge in [0.1, 0.15) is 0 Å². The number of urea groups is 1. The zero-order valence-electron chi connectivity index (χ0n) is 15.7. The number of piperidine rings is 1. The summed E-state index contributed by atoms with van der Waals surface area (Å²) in [5.41, 5.74) is 3.48. The Balaban J connectivity index is 1.41. The van der Waals surface area contributed by atoms with Crippen molar-refractivity contribution in [3.05, 3.63) is 53.3 Å². The van der Waals surface area contributed by atoms with E-state index in [4.69, 9.17) is 0 Å². The van der Waals surface area contributed by atoms with Crippen LogP contribution in [0.1, 0.15) is 35.6 Å². The predicted molar refractivity (Wildman–Crippen MR) is 103 cm³/mol. The molecule has 140 valence electrons. The molecule has 26 heavy (non-hydrogen) atoms. The van der Waals surface area contributed by atoms with Crippen molar-refractivity contribution in [3.63, 3.8) is 0 Å². The standard InChI is InChI=1S/C20H29N5O/c1-16-19(13-22-23-16)14-24(2)20(26)21-10-12-25-11-6-9-18(15-25)17-7-4-3-5-8-17/h3-5,7-8,13,18H,6,9-12,14-15H2,1-2H3,(H,21,26)(H,22,23)/t18-/m0/s1. The van der Waals surface area contributed by atoms with Gasteiger partial charge in [0.25, 0.3) is 0 Å². The number of aryl methyl sites for hydroxylation is 1. The van der Waals surface area contributed by atoms with E-state index in [9.17, 15) is 4.79 Å². The summed E-state index contributed by atoms with van der Waals surface area (Å²) in [7, 11) is 1.81. The third kappa shape index (κ3) is 4.85. The Morgan fingerprint density at radius 3 is 2.92 bits per heavy atom. The average molecular weight is 355 g/mol. The van der Waals surface area contributed by atoms with Gasteiger partial charge < -0.3 is 15.1 Å². The molecule has 1 aliphatic rings. The summed E-state index contributed by atoms with van der Waals surface area (Å²) in [5, 5.41) is 9.93. The van der Waals surface area contributed by atoms with Crippen molar-refractivity contribution in [2.24, 2.45) is 0 Å².